The lowest BCUT2D eigenvalue weighted by atomic mass is 9.67. The van der Waals surface area contributed by atoms with Crippen molar-refractivity contribution in [3.05, 3.63) is 295 Å². The van der Waals surface area contributed by atoms with E-state index in [-0.39, 0.29) is 0 Å². The molecule has 12 aromatic carbocycles. The Morgan fingerprint density at radius 2 is 0.779 bits per heavy atom. The molecule has 13 rings (SSSR count). The molecule has 0 amide bonds. The summed E-state index contributed by atoms with van der Waals surface area (Å²) in [5.41, 5.74) is 17.5. The van der Waals surface area contributed by atoms with E-state index in [1.54, 1.807) is 0 Å². The van der Waals surface area contributed by atoms with Crippen molar-refractivity contribution in [3.63, 3.8) is 0 Å². The van der Waals surface area contributed by atoms with Crippen LogP contribution in [0, 0.1) is 0 Å². The van der Waals surface area contributed by atoms with Crippen LogP contribution in [0.15, 0.2) is 273 Å². The standard InChI is InChI=1S/C67H45N/c1-3-24-51(25-4-1)67(52-26-5-2-6-27-52)64-35-15-13-33-61(64)62-42-41-54(45-65(62)67)68(53-39-37-47(38-40-53)63-44-50-20-8-10-29-57(50)59-31-11-12-32-60(59)63)66-36-16-14-30-58(66)49-23-17-22-48(43-49)56-34-18-21-46-19-7-9-28-55(46)56/h1-45H. The highest BCUT2D eigenvalue weighted by Gasteiger charge is 2.46. The van der Waals surface area contributed by atoms with E-state index >= 15 is 0 Å². The fourth-order valence-electron chi connectivity index (χ4n) is 11.3. The average Bonchev–Trinajstić information content (AvgIpc) is 3.72. The highest BCUT2D eigenvalue weighted by Crippen LogP contribution is 2.57. The smallest absolute Gasteiger partial charge is 0.0714 e. The van der Waals surface area contributed by atoms with Crippen molar-refractivity contribution in [1.82, 2.24) is 0 Å². The fraction of sp³-hybridized carbons (Fsp3) is 0.0149. The summed E-state index contributed by atoms with van der Waals surface area (Å²) in [6.07, 6.45) is 0. The maximum Gasteiger partial charge on any atom is 0.0714 e. The number of anilines is 3. The molecule has 0 bridgehead atoms. The molecule has 0 aromatic heterocycles. The van der Waals surface area contributed by atoms with Crippen LogP contribution < -0.4 is 4.90 Å². The lowest BCUT2D eigenvalue weighted by Gasteiger charge is -2.35. The van der Waals surface area contributed by atoms with E-state index in [1.807, 2.05) is 0 Å². The van der Waals surface area contributed by atoms with Crippen LogP contribution in [0.25, 0.3) is 76.8 Å². The highest BCUT2D eigenvalue weighted by molar-refractivity contribution is 6.14. The molecule has 0 saturated carbocycles. The van der Waals surface area contributed by atoms with E-state index < -0.39 is 5.41 Å². The van der Waals surface area contributed by atoms with Crippen molar-refractivity contribution in [2.24, 2.45) is 0 Å². The Kier molecular flexibility index (Phi) is 9.47. The minimum absolute atomic E-state index is 0.538. The molecule has 0 spiro atoms. The summed E-state index contributed by atoms with van der Waals surface area (Å²) in [6, 6.07) is 101. The number of hydrogen-bond acceptors (Lipinski definition) is 1. The lowest BCUT2D eigenvalue weighted by Crippen LogP contribution is -2.28. The molecule has 0 unspecified atom stereocenters. The molecule has 1 aliphatic carbocycles. The first-order chi connectivity index (χ1) is 33.7. The van der Waals surface area contributed by atoms with E-state index in [0.717, 1.165) is 28.2 Å². The van der Waals surface area contributed by atoms with Gasteiger partial charge in [0.25, 0.3) is 0 Å². The molecule has 1 heteroatoms. The van der Waals surface area contributed by atoms with E-state index in [4.69, 9.17) is 0 Å². The molecular weight excluding hydrogens is 819 g/mol. The van der Waals surface area contributed by atoms with Crippen LogP contribution in [0.2, 0.25) is 0 Å². The molecule has 0 saturated heterocycles. The second-order valence-corrected chi connectivity index (χ2v) is 18.0. The average molecular weight is 864 g/mol. The molecule has 0 radical (unpaired) electrons. The third-order valence-electron chi connectivity index (χ3n) is 14.3. The monoisotopic (exact) mass is 863 g/mol. The first-order valence-electron chi connectivity index (χ1n) is 23.6. The van der Waals surface area contributed by atoms with Gasteiger partial charge in [0.15, 0.2) is 0 Å². The Morgan fingerprint density at radius 3 is 1.54 bits per heavy atom. The second kappa shape index (κ2) is 16.3. The van der Waals surface area contributed by atoms with E-state index in [0.29, 0.717) is 0 Å². The van der Waals surface area contributed by atoms with Crippen LogP contribution in [0.1, 0.15) is 22.3 Å². The molecule has 0 atom stereocenters. The molecule has 12 aromatic rings. The molecular formula is C67H45N. The van der Waals surface area contributed by atoms with Gasteiger partial charge in [0.2, 0.25) is 0 Å². The zero-order chi connectivity index (χ0) is 45.0. The fourth-order valence-corrected chi connectivity index (χ4v) is 11.3. The van der Waals surface area contributed by atoms with Crippen LogP contribution in [-0.4, -0.2) is 0 Å². The Bertz CT molecular complexity index is 3800. The van der Waals surface area contributed by atoms with Crippen LogP contribution >= 0.6 is 0 Å². The molecule has 0 fully saturated rings. The number of rotatable bonds is 8. The Morgan fingerprint density at radius 1 is 0.250 bits per heavy atom. The zero-order valence-corrected chi connectivity index (χ0v) is 37.4. The van der Waals surface area contributed by atoms with Crippen molar-refractivity contribution in [3.8, 4) is 44.5 Å². The van der Waals surface area contributed by atoms with Gasteiger partial charge in [0.05, 0.1) is 11.1 Å². The van der Waals surface area contributed by atoms with Gasteiger partial charge in [0, 0.05) is 16.9 Å². The third kappa shape index (κ3) is 6.32. The lowest BCUT2D eigenvalue weighted by molar-refractivity contribution is 0.768. The number of fused-ring (bicyclic) bond motifs is 7. The van der Waals surface area contributed by atoms with Crippen molar-refractivity contribution in [2.75, 3.05) is 4.90 Å². The summed E-state index contributed by atoms with van der Waals surface area (Å²) < 4.78 is 0. The second-order valence-electron chi connectivity index (χ2n) is 18.0. The summed E-state index contributed by atoms with van der Waals surface area (Å²) in [4.78, 5) is 2.48. The summed E-state index contributed by atoms with van der Waals surface area (Å²) in [6.45, 7) is 0. The summed E-state index contributed by atoms with van der Waals surface area (Å²) in [5.74, 6) is 0. The van der Waals surface area contributed by atoms with Gasteiger partial charge < -0.3 is 4.90 Å². The zero-order valence-electron chi connectivity index (χ0n) is 37.4. The molecule has 1 nitrogen and oxygen atoms in total. The minimum Gasteiger partial charge on any atom is -0.310 e. The van der Waals surface area contributed by atoms with E-state index in [1.165, 1.54) is 88.0 Å². The Hall–Kier alpha value is -8.78. The SMILES string of the molecule is c1ccc(C2(c3ccccc3)c3ccccc3-c3ccc(N(c4ccc(-c5cc6ccccc6c6ccccc56)cc4)c4ccccc4-c4cccc(-c5cccc6ccccc56)c4)cc32)cc1. The number of hydrogen-bond donors (Lipinski definition) is 0. The van der Waals surface area contributed by atoms with Gasteiger partial charge in [-0.1, -0.05) is 231 Å². The van der Waals surface area contributed by atoms with Gasteiger partial charge in [-0.05, 0) is 136 Å². The van der Waals surface area contributed by atoms with Crippen LogP contribution in [0.4, 0.5) is 17.1 Å². The van der Waals surface area contributed by atoms with Gasteiger partial charge in [-0.3, -0.25) is 0 Å². The minimum atomic E-state index is -0.538. The number of benzene rings is 12. The predicted octanol–water partition coefficient (Wildman–Crippen LogP) is 18.0. The van der Waals surface area contributed by atoms with Crippen LogP contribution in [0.3, 0.4) is 0 Å². The number of para-hydroxylation sites is 1. The van der Waals surface area contributed by atoms with Gasteiger partial charge in [-0.15, -0.1) is 0 Å². The van der Waals surface area contributed by atoms with Crippen molar-refractivity contribution in [2.45, 2.75) is 5.41 Å². The maximum atomic E-state index is 2.48. The Labute approximate surface area is 397 Å². The normalized spacial score (nSPS) is 12.5. The molecule has 1 aliphatic rings. The summed E-state index contributed by atoms with van der Waals surface area (Å²) in [5, 5.41) is 7.53. The van der Waals surface area contributed by atoms with Gasteiger partial charge in [0.1, 0.15) is 0 Å². The quantitative estimate of drug-likeness (QED) is 0.138. The molecule has 0 aliphatic heterocycles. The first kappa shape index (κ1) is 39.6. The van der Waals surface area contributed by atoms with Crippen molar-refractivity contribution >= 4 is 49.4 Å². The molecule has 0 heterocycles. The van der Waals surface area contributed by atoms with Gasteiger partial charge >= 0.3 is 0 Å². The van der Waals surface area contributed by atoms with E-state index in [9.17, 15) is 0 Å². The molecule has 0 N–H and O–H groups in total. The van der Waals surface area contributed by atoms with Crippen LogP contribution in [0.5, 0.6) is 0 Å². The molecule has 318 valence electrons. The molecule has 68 heavy (non-hydrogen) atoms. The third-order valence-corrected chi connectivity index (χ3v) is 14.3. The summed E-state index contributed by atoms with van der Waals surface area (Å²) in [7, 11) is 0. The van der Waals surface area contributed by atoms with E-state index in [2.05, 4.69) is 278 Å². The largest absolute Gasteiger partial charge is 0.310 e. The van der Waals surface area contributed by atoms with Crippen molar-refractivity contribution in [1.29, 1.82) is 0 Å². The van der Waals surface area contributed by atoms with Crippen molar-refractivity contribution < 1.29 is 0 Å². The highest BCUT2D eigenvalue weighted by atomic mass is 15.1. The van der Waals surface area contributed by atoms with Crippen LogP contribution in [-0.2, 0) is 5.41 Å². The van der Waals surface area contributed by atoms with Gasteiger partial charge in [-0.2, -0.15) is 0 Å². The predicted molar refractivity (Wildman–Crippen MR) is 287 cm³/mol. The topological polar surface area (TPSA) is 3.24 Å². The first-order valence-corrected chi connectivity index (χ1v) is 23.6. The van der Waals surface area contributed by atoms with Gasteiger partial charge in [-0.25, -0.2) is 0 Å². The number of nitrogens with zero attached hydrogens (tertiary/aromatic N) is 1. The maximum absolute atomic E-state index is 2.48. The Balaban J connectivity index is 1.03. The summed E-state index contributed by atoms with van der Waals surface area (Å²) >= 11 is 0.